The van der Waals surface area contributed by atoms with Crippen LogP contribution in [-0.2, 0) is 0 Å². The van der Waals surface area contributed by atoms with Crippen LogP contribution in [0.5, 0.6) is 11.5 Å². The van der Waals surface area contributed by atoms with Gasteiger partial charge in [-0.2, -0.15) is 0 Å². The van der Waals surface area contributed by atoms with Crippen LogP contribution < -0.4 is 15.2 Å². The summed E-state index contributed by atoms with van der Waals surface area (Å²) < 4.78 is 10.4. The standard InChI is InChI=1S/C12H17NO2/c1-4-5-10(13)9-6-7-11(14-2)12(8-9)15-3/h4,6-8,10H,1,5,13H2,2-3H3/p+1. The third-order valence-corrected chi connectivity index (χ3v) is 2.33. The Hall–Kier alpha value is -1.48. The number of benzene rings is 1. The average Bonchev–Trinajstić information content (AvgIpc) is 2.28. The topological polar surface area (TPSA) is 46.1 Å². The van der Waals surface area contributed by atoms with Gasteiger partial charge in [0.15, 0.2) is 11.5 Å². The zero-order chi connectivity index (χ0) is 11.3. The van der Waals surface area contributed by atoms with E-state index >= 15 is 0 Å². The van der Waals surface area contributed by atoms with E-state index in [9.17, 15) is 0 Å². The first-order chi connectivity index (χ1) is 7.22. The van der Waals surface area contributed by atoms with Crippen molar-refractivity contribution in [1.82, 2.24) is 0 Å². The molecular weight excluding hydrogens is 190 g/mol. The van der Waals surface area contributed by atoms with Gasteiger partial charge >= 0.3 is 0 Å². The summed E-state index contributed by atoms with van der Waals surface area (Å²) in [6.45, 7) is 3.71. The van der Waals surface area contributed by atoms with E-state index in [4.69, 9.17) is 9.47 Å². The molecule has 1 unspecified atom stereocenters. The summed E-state index contributed by atoms with van der Waals surface area (Å²) in [7, 11) is 3.26. The molecular formula is C12H18NO2+. The first kappa shape index (κ1) is 11.6. The smallest absolute Gasteiger partial charge is 0.161 e. The highest BCUT2D eigenvalue weighted by molar-refractivity contribution is 5.43. The van der Waals surface area contributed by atoms with E-state index in [0.717, 1.165) is 23.5 Å². The maximum absolute atomic E-state index is 5.23. The number of quaternary nitrogens is 1. The minimum Gasteiger partial charge on any atom is -0.493 e. The van der Waals surface area contributed by atoms with Crippen LogP contribution in [0.2, 0.25) is 0 Å². The molecule has 3 heteroatoms. The van der Waals surface area contributed by atoms with Crippen molar-refractivity contribution in [3.05, 3.63) is 36.4 Å². The van der Waals surface area contributed by atoms with E-state index in [1.807, 2.05) is 24.3 Å². The van der Waals surface area contributed by atoms with E-state index in [1.165, 1.54) is 0 Å². The summed E-state index contributed by atoms with van der Waals surface area (Å²) >= 11 is 0. The predicted molar refractivity (Wildman–Crippen MR) is 60.0 cm³/mol. The van der Waals surface area contributed by atoms with Gasteiger partial charge < -0.3 is 15.2 Å². The molecule has 0 fully saturated rings. The van der Waals surface area contributed by atoms with Gasteiger partial charge in [-0.05, 0) is 18.2 Å². The molecule has 0 aliphatic heterocycles. The summed E-state index contributed by atoms with van der Waals surface area (Å²) in [5.74, 6) is 1.49. The second kappa shape index (κ2) is 5.41. The summed E-state index contributed by atoms with van der Waals surface area (Å²) in [6.07, 6.45) is 2.73. The molecule has 0 radical (unpaired) electrons. The number of methoxy groups -OCH3 is 2. The lowest BCUT2D eigenvalue weighted by Crippen LogP contribution is -2.53. The highest BCUT2D eigenvalue weighted by Gasteiger charge is 2.11. The molecule has 0 spiro atoms. The van der Waals surface area contributed by atoms with Gasteiger partial charge in [0.2, 0.25) is 0 Å². The van der Waals surface area contributed by atoms with Gasteiger partial charge in [0.25, 0.3) is 0 Å². The Morgan fingerprint density at radius 1 is 1.33 bits per heavy atom. The van der Waals surface area contributed by atoms with Crippen LogP contribution in [-0.4, -0.2) is 14.2 Å². The molecule has 1 rings (SSSR count). The number of ether oxygens (including phenoxy) is 2. The molecule has 1 atom stereocenters. The lowest BCUT2D eigenvalue weighted by atomic mass is 10.0. The molecule has 0 aliphatic carbocycles. The second-order valence-corrected chi connectivity index (χ2v) is 3.34. The van der Waals surface area contributed by atoms with Crippen molar-refractivity contribution in [1.29, 1.82) is 0 Å². The van der Waals surface area contributed by atoms with Gasteiger partial charge in [-0.15, -0.1) is 6.58 Å². The van der Waals surface area contributed by atoms with Crippen LogP contribution in [0.4, 0.5) is 0 Å². The maximum Gasteiger partial charge on any atom is 0.161 e. The highest BCUT2D eigenvalue weighted by Crippen LogP contribution is 2.29. The number of hydrogen-bond acceptors (Lipinski definition) is 2. The van der Waals surface area contributed by atoms with Crippen LogP contribution >= 0.6 is 0 Å². The predicted octanol–water partition coefficient (Wildman–Crippen LogP) is 1.56. The van der Waals surface area contributed by atoms with E-state index in [0.29, 0.717) is 0 Å². The quantitative estimate of drug-likeness (QED) is 0.746. The summed E-state index contributed by atoms with van der Waals surface area (Å²) in [5, 5.41) is 0. The van der Waals surface area contributed by atoms with Crippen molar-refractivity contribution in [2.45, 2.75) is 12.5 Å². The van der Waals surface area contributed by atoms with E-state index in [2.05, 4.69) is 12.3 Å². The van der Waals surface area contributed by atoms with Gasteiger partial charge in [-0.1, -0.05) is 6.08 Å². The van der Waals surface area contributed by atoms with E-state index < -0.39 is 0 Å². The Morgan fingerprint density at radius 3 is 2.53 bits per heavy atom. The van der Waals surface area contributed by atoms with E-state index in [-0.39, 0.29) is 6.04 Å². The third-order valence-electron chi connectivity index (χ3n) is 2.33. The fourth-order valence-corrected chi connectivity index (χ4v) is 1.44. The summed E-state index contributed by atoms with van der Waals surface area (Å²) in [5.41, 5.74) is 5.19. The molecule has 1 aromatic rings. The van der Waals surface area contributed by atoms with Crippen molar-refractivity contribution < 1.29 is 15.2 Å². The molecule has 0 aliphatic rings. The zero-order valence-corrected chi connectivity index (χ0v) is 9.32. The average molecular weight is 208 g/mol. The molecule has 3 nitrogen and oxygen atoms in total. The minimum absolute atomic E-state index is 0.210. The van der Waals surface area contributed by atoms with Crippen molar-refractivity contribution in [3.63, 3.8) is 0 Å². The molecule has 15 heavy (non-hydrogen) atoms. The molecule has 0 saturated carbocycles. The Labute approximate surface area is 90.5 Å². The van der Waals surface area contributed by atoms with Crippen molar-refractivity contribution >= 4 is 0 Å². The molecule has 0 heterocycles. The van der Waals surface area contributed by atoms with Gasteiger partial charge in [0, 0.05) is 12.0 Å². The first-order valence-electron chi connectivity index (χ1n) is 4.88. The van der Waals surface area contributed by atoms with Crippen molar-refractivity contribution in [2.75, 3.05) is 14.2 Å². The second-order valence-electron chi connectivity index (χ2n) is 3.34. The Bertz CT molecular complexity index is 336. The summed E-state index contributed by atoms with van der Waals surface area (Å²) in [6, 6.07) is 6.07. The van der Waals surface area contributed by atoms with Gasteiger partial charge in [0.05, 0.1) is 14.2 Å². The van der Waals surface area contributed by atoms with E-state index in [1.54, 1.807) is 14.2 Å². The Balaban J connectivity index is 2.96. The lowest BCUT2D eigenvalue weighted by Gasteiger charge is -2.11. The fraction of sp³-hybridized carbons (Fsp3) is 0.333. The van der Waals surface area contributed by atoms with Crippen LogP contribution in [0.1, 0.15) is 18.0 Å². The third kappa shape index (κ3) is 2.73. The number of hydrogen-bond donors (Lipinski definition) is 1. The van der Waals surface area contributed by atoms with Gasteiger partial charge in [-0.3, -0.25) is 0 Å². The minimum atomic E-state index is 0.210. The molecule has 0 saturated heterocycles. The highest BCUT2D eigenvalue weighted by atomic mass is 16.5. The monoisotopic (exact) mass is 208 g/mol. The van der Waals surface area contributed by atoms with Crippen LogP contribution in [0.15, 0.2) is 30.9 Å². The van der Waals surface area contributed by atoms with Crippen LogP contribution in [0, 0.1) is 0 Å². The largest absolute Gasteiger partial charge is 0.493 e. The number of rotatable bonds is 5. The van der Waals surface area contributed by atoms with Gasteiger partial charge in [-0.25, -0.2) is 0 Å². The lowest BCUT2D eigenvalue weighted by molar-refractivity contribution is -0.425. The van der Waals surface area contributed by atoms with Crippen molar-refractivity contribution in [2.24, 2.45) is 0 Å². The fourth-order valence-electron chi connectivity index (χ4n) is 1.44. The molecule has 82 valence electrons. The molecule has 1 aromatic carbocycles. The Kier molecular flexibility index (Phi) is 4.18. The molecule has 3 N–H and O–H groups in total. The normalized spacial score (nSPS) is 11.9. The van der Waals surface area contributed by atoms with Crippen LogP contribution in [0.25, 0.3) is 0 Å². The first-order valence-corrected chi connectivity index (χ1v) is 4.88. The van der Waals surface area contributed by atoms with Crippen molar-refractivity contribution in [3.8, 4) is 11.5 Å². The summed E-state index contributed by atoms with van der Waals surface area (Å²) in [4.78, 5) is 0. The Morgan fingerprint density at radius 2 is 2.00 bits per heavy atom. The zero-order valence-electron chi connectivity index (χ0n) is 9.32. The van der Waals surface area contributed by atoms with Crippen LogP contribution in [0.3, 0.4) is 0 Å². The molecule has 0 aromatic heterocycles. The molecule has 0 bridgehead atoms. The SMILES string of the molecule is C=CCC([NH3+])c1ccc(OC)c(OC)c1. The maximum atomic E-state index is 5.23. The molecule has 0 amide bonds. The van der Waals surface area contributed by atoms with Gasteiger partial charge in [0.1, 0.15) is 6.04 Å².